The molecule has 1 atom stereocenters. The second kappa shape index (κ2) is 8.64. The average Bonchev–Trinajstić information content (AvgIpc) is 2.64. The monoisotopic (exact) mass is 428 g/mol. The fourth-order valence-corrected chi connectivity index (χ4v) is 3.12. The average molecular weight is 428 g/mol. The number of amides is 2. The molecule has 10 heteroatoms. The van der Waals surface area contributed by atoms with Crippen LogP contribution in [0.15, 0.2) is 53.4 Å². The maximum atomic E-state index is 12.8. The van der Waals surface area contributed by atoms with Crippen molar-refractivity contribution >= 4 is 21.7 Å². The first-order chi connectivity index (χ1) is 13.4. The van der Waals surface area contributed by atoms with E-state index in [2.05, 4.69) is 10.9 Å². The smallest absolute Gasteiger partial charge is 0.273 e. The van der Waals surface area contributed by atoms with Gasteiger partial charge in [-0.15, -0.1) is 0 Å². The summed E-state index contributed by atoms with van der Waals surface area (Å²) in [7, 11) is -3.40. The Balaban J connectivity index is 1.94. The molecule has 0 heterocycles. The summed E-state index contributed by atoms with van der Waals surface area (Å²) in [5, 5.41) is 0. The van der Waals surface area contributed by atoms with Gasteiger partial charge in [0, 0.05) is 17.7 Å². The zero-order valence-corrected chi connectivity index (χ0v) is 16.4. The zero-order valence-electron chi connectivity index (χ0n) is 15.6. The van der Waals surface area contributed by atoms with E-state index in [4.69, 9.17) is 0 Å². The number of carbonyl (C=O) groups is 2. The number of nitrogens with one attached hydrogen (secondary N) is 2. The van der Waals surface area contributed by atoms with E-state index in [1.54, 1.807) is 0 Å². The molecule has 0 radical (unpaired) electrons. The number of alkyl halides is 3. The molecule has 0 saturated heterocycles. The molecule has 0 spiro atoms. The third-order valence-corrected chi connectivity index (χ3v) is 5.22. The van der Waals surface area contributed by atoms with Crippen LogP contribution in [0.2, 0.25) is 0 Å². The maximum Gasteiger partial charge on any atom is 0.416 e. The Kier molecular flexibility index (Phi) is 6.68. The highest BCUT2D eigenvalue weighted by Gasteiger charge is 2.30. The molecule has 2 amide bonds. The molecule has 0 bridgehead atoms. The molecule has 0 saturated carbocycles. The van der Waals surface area contributed by atoms with Gasteiger partial charge in [0.15, 0.2) is 9.84 Å². The molecule has 0 aliphatic rings. The Morgan fingerprint density at radius 1 is 1.03 bits per heavy atom. The van der Waals surface area contributed by atoms with Crippen molar-refractivity contribution in [3.8, 4) is 0 Å². The van der Waals surface area contributed by atoms with E-state index in [1.807, 2.05) is 0 Å². The van der Waals surface area contributed by atoms with Crippen molar-refractivity contribution in [2.75, 3.05) is 6.26 Å². The van der Waals surface area contributed by atoms with E-state index < -0.39 is 39.3 Å². The van der Waals surface area contributed by atoms with Gasteiger partial charge in [0.05, 0.1) is 10.5 Å². The largest absolute Gasteiger partial charge is 0.416 e. The van der Waals surface area contributed by atoms with Crippen molar-refractivity contribution in [3.05, 3.63) is 65.2 Å². The third-order valence-electron chi connectivity index (χ3n) is 4.09. The Morgan fingerprint density at radius 3 is 2.21 bits per heavy atom. The van der Waals surface area contributed by atoms with Gasteiger partial charge in [-0.05, 0) is 42.3 Å². The van der Waals surface area contributed by atoms with Crippen LogP contribution in [0.3, 0.4) is 0 Å². The molecule has 2 rings (SSSR count). The molecule has 0 aromatic heterocycles. The van der Waals surface area contributed by atoms with E-state index in [0.29, 0.717) is 5.56 Å². The Morgan fingerprint density at radius 2 is 1.66 bits per heavy atom. The predicted molar refractivity (Wildman–Crippen MR) is 99.5 cm³/mol. The Bertz CT molecular complexity index is 1000. The van der Waals surface area contributed by atoms with Crippen LogP contribution < -0.4 is 10.9 Å². The van der Waals surface area contributed by atoms with Gasteiger partial charge in [0.1, 0.15) is 0 Å². The highest BCUT2D eigenvalue weighted by Crippen LogP contribution is 2.30. The molecule has 1 unspecified atom stereocenters. The highest BCUT2D eigenvalue weighted by molar-refractivity contribution is 7.90. The molecule has 6 nitrogen and oxygen atoms in total. The molecule has 0 fully saturated rings. The Labute approximate surface area is 166 Å². The highest BCUT2D eigenvalue weighted by atomic mass is 32.2. The summed E-state index contributed by atoms with van der Waals surface area (Å²) >= 11 is 0. The minimum absolute atomic E-state index is 0.0489. The van der Waals surface area contributed by atoms with Gasteiger partial charge >= 0.3 is 6.18 Å². The second-order valence-electron chi connectivity index (χ2n) is 6.54. The minimum Gasteiger partial charge on any atom is -0.273 e. The number of benzene rings is 2. The molecular weight excluding hydrogens is 409 g/mol. The number of hydrazine groups is 1. The fourth-order valence-electron chi connectivity index (χ4n) is 2.49. The van der Waals surface area contributed by atoms with Crippen LogP contribution in [0, 0.1) is 5.92 Å². The first-order valence-electron chi connectivity index (χ1n) is 8.44. The van der Waals surface area contributed by atoms with Crippen LogP contribution in [-0.2, 0) is 27.2 Å². The number of rotatable bonds is 5. The lowest BCUT2D eigenvalue weighted by Crippen LogP contribution is -2.44. The standard InChI is InChI=1S/C19H19F3N2O4S/c1-12(10-13-4-3-5-15(11-13)19(20,21)22)17(25)23-24-18(26)14-6-8-16(9-7-14)29(2,27)28/h3-9,11-12H,10H2,1-2H3,(H,23,25)(H,24,26). The molecule has 2 N–H and O–H groups in total. The van der Waals surface area contributed by atoms with Crippen LogP contribution in [0.1, 0.15) is 28.4 Å². The van der Waals surface area contributed by atoms with Gasteiger partial charge in [-0.2, -0.15) is 13.2 Å². The van der Waals surface area contributed by atoms with Gasteiger partial charge in [0.25, 0.3) is 5.91 Å². The molecule has 2 aromatic carbocycles. The van der Waals surface area contributed by atoms with E-state index in [-0.39, 0.29) is 16.9 Å². The van der Waals surface area contributed by atoms with Crippen LogP contribution in [-0.4, -0.2) is 26.5 Å². The summed E-state index contributed by atoms with van der Waals surface area (Å²) in [5.41, 5.74) is 4.07. The first-order valence-corrected chi connectivity index (χ1v) is 10.3. The van der Waals surface area contributed by atoms with Crippen LogP contribution in [0.5, 0.6) is 0 Å². The van der Waals surface area contributed by atoms with Crippen molar-refractivity contribution in [1.82, 2.24) is 10.9 Å². The second-order valence-corrected chi connectivity index (χ2v) is 8.56. The third kappa shape index (κ3) is 6.31. The maximum absolute atomic E-state index is 12.8. The number of hydrogen-bond acceptors (Lipinski definition) is 4. The van der Waals surface area contributed by atoms with Crippen molar-refractivity contribution in [2.24, 2.45) is 5.92 Å². The van der Waals surface area contributed by atoms with E-state index in [0.717, 1.165) is 18.4 Å². The summed E-state index contributed by atoms with van der Waals surface area (Å²) < 4.78 is 61.1. The van der Waals surface area contributed by atoms with E-state index in [1.165, 1.54) is 43.3 Å². The summed E-state index contributed by atoms with van der Waals surface area (Å²) in [4.78, 5) is 24.2. The van der Waals surface area contributed by atoms with Gasteiger partial charge < -0.3 is 0 Å². The lowest BCUT2D eigenvalue weighted by atomic mass is 9.99. The van der Waals surface area contributed by atoms with Crippen LogP contribution in [0.25, 0.3) is 0 Å². The van der Waals surface area contributed by atoms with Crippen molar-refractivity contribution in [1.29, 1.82) is 0 Å². The van der Waals surface area contributed by atoms with Crippen molar-refractivity contribution < 1.29 is 31.2 Å². The summed E-state index contributed by atoms with van der Waals surface area (Å²) in [6, 6.07) is 9.80. The number of carbonyl (C=O) groups excluding carboxylic acids is 2. The summed E-state index contributed by atoms with van der Waals surface area (Å²) in [5.74, 6) is -1.94. The van der Waals surface area contributed by atoms with Gasteiger partial charge in [-0.3, -0.25) is 20.4 Å². The first kappa shape index (κ1) is 22.4. The zero-order chi connectivity index (χ0) is 21.8. The van der Waals surface area contributed by atoms with E-state index >= 15 is 0 Å². The van der Waals surface area contributed by atoms with E-state index in [9.17, 15) is 31.2 Å². The normalized spacial score (nSPS) is 12.9. The lowest BCUT2D eigenvalue weighted by molar-refractivity contribution is -0.137. The molecule has 156 valence electrons. The predicted octanol–water partition coefficient (Wildman–Crippen LogP) is 2.75. The van der Waals surface area contributed by atoms with Crippen molar-refractivity contribution in [3.63, 3.8) is 0 Å². The summed E-state index contributed by atoms with van der Waals surface area (Å²) in [6.07, 6.45) is -3.38. The Hall–Kier alpha value is -2.88. The quantitative estimate of drug-likeness (QED) is 0.717. The number of hydrogen-bond donors (Lipinski definition) is 2. The minimum atomic E-state index is -4.47. The van der Waals surface area contributed by atoms with Crippen molar-refractivity contribution in [2.45, 2.75) is 24.4 Å². The lowest BCUT2D eigenvalue weighted by Gasteiger charge is -2.14. The number of halogens is 3. The number of sulfone groups is 1. The van der Waals surface area contributed by atoms with Gasteiger partial charge in [-0.1, -0.05) is 25.1 Å². The topological polar surface area (TPSA) is 92.3 Å². The summed E-state index contributed by atoms with van der Waals surface area (Å²) in [6.45, 7) is 1.52. The molecular formula is C19H19F3N2O4S. The fraction of sp³-hybridized carbons (Fsp3) is 0.263. The van der Waals surface area contributed by atoms with Gasteiger partial charge in [-0.25, -0.2) is 8.42 Å². The molecule has 29 heavy (non-hydrogen) atoms. The molecule has 0 aliphatic carbocycles. The van der Waals surface area contributed by atoms with Crippen LogP contribution >= 0.6 is 0 Å². The van der Waals surface area contributed by atoms with Crippen LogP contribution in [0.4, 0.5) is 13.2 Å². The SMILES string of the molecule is CC(Cc1cccc(C(F)(F)F)c1)C(=O)NNC(=O)c1ccc(S(C)(=O)=O)cc1. The van der Waals surface area contributed by atoms with Gasteiger partial charge in [0.2, 0.25) is 5.91 Å². The molecule has 2 aromatic rings. The molecule has 0 aliphatic heterocycles.